The van der Waals surface area contributed by atoms with Crippen molar-refractivity contribution < 1.29 is 17.9 Å². The van der Waals surface area contributed by atoms with Crippen molar-refractivity contribution in [1.29, 1.82) is 0 Å². The highest BCUT2D eigenvalue weighted by molar-refractivity contribution is 9.10. The van der Waals surface area contributed by atoms with E-state index in [0.717, 1.165) is 12.0 Å². The number of rotatable bonds is 7. The number of hydrogen-bond donors (Lipinski definition) is 1. The molecule has 0 fully saturated rings. The van der Waals surface area contributed by atoms with Gasteiger partial charge in [0.2, 0.25) is 0 Å². The summed E-state index contributed by atoms with van der Waals surface area (Å²) in [7, 11) is -3.96. The molecule has 0 saturated carbocycles. The molecule has 7 nitrogen and oxygen atoms in total. The fourth-order valence-electron chi connectivity index (χ4n) is 2.31. The fraction of sp³-hybridized carbons (Fsp3) is 0.412. The summed E-state index contributed by atoms with van der Waals surface area (Å²) in [5.41, 5.74) is 1.07. The third kappa shape index (κ3) is 4.45. The van der Waals surface area contributed by atoms with Crippen LogP contribution in [0.1, 0.15) is 49.2 Å². The Morgan fingerprint density at radius 3 is 2.69 bits per heavy atom. The number of benzene rings is 1. The van der Waals surface area contributed by atoms with Crippen LogP contribution in [0, 0.1) is 6.92 Å². The van der Waals surface area contributed by atoms with E-state index in [1.807, 2.05) is 13.8 Å². The second kappa shape index (κ2) is 8.22. The Labute approximate surface area is 162 Å². The van der Waals surface area contributed by atoms with Gasteiger partial charge in [-0.15, -0.1) is 0 Å². The van der Waals surface area contributed by atoms with Gasteiger partial charge >= 0.3 is 5.97 Å². The van der Waals surface area contributed by atoms with Crippen LogP contribution in [0.25, 0.3) is 0 Å². The van der Waals surface area contributed by atoms with Gasteiger partial charge in [-0.3, -0.25) is 4.72 Å². The molecule has 2 aromatic rings. The topological polar surface area (TPSA) is 90.3 Å². The maximum Gasteiger partial charge on any atom is 0.340 e. The zero-order valence-electron chi connectivity index (χ0n) is 15.1. The molecule has 1 atom stereocenters. The zero-order chi connectivity index (χ0) is 19.5. The Hall–Kier alpha value is -1.87. The Kier molecular flexibility index (Phi) is 6.46. The van der Waals surface area contributed by atoms with Gasteiger partial charge in [0.05, 0.1) is 24.2 Å². The number of aryl methyl sites for hydroxylation is 1. The Balaban J connectivity index is 2.43. The van der Waals surface area contributed by atoms with Gasteiger partial charge < -0.3 is 9.30 Å². The molecular formula is C17H22BrN3O4S. The molecule has 0 aliphatic carbocycles. The van der Waals surface area contributed by atoms with E-state index in [-0.39, 0.29) is 28.9 Å². The molecule has 1 aromatic heterocycles. The largest absolute Gasteiger partial charge is 0.462 e. The molecule has 0 unspecified atom stereocenters. The second-order valence-corrected chi connectivity index (χ2v) is 8.40. The smallest absolute Gasteiger partial charge is 0.340 e. The number of hydrogen-bond acceptors (Lipinski definition) is 5. The molecular weight excluding hydrogens is 422 g/mol. The molecule has 0 saturated heterocycles. The summed E-state index contributed by atoms with van der Waals surface area (Å²) in [5, 5.41) is -0.111. The summed E-state index contributed by atoms with van der Waals surface area (Å²) in [6.45, 7) is 7.66. The molecule has 142 valence electrons. The first-order valence-corrected chi connectivity index (χ1v) is 10.5. The summed E-state index contributed by atoms with van der Waals surface area (Å²) in [6.07, 6.45) is 3.81. The lowest BCUT2D eigenvalue weighted by Crippen LogP contribution is -2.17. The van der Waals surface area contributed by atoms with E-state index < -0.39 is 16.0 Å². The minimum Gasteiger partial charge on any atom is -0.462 e. The molecule has 0 aliphatic heterocycles. The van der Waals surface area contributed by atoms with Crippen molar-refractivity contribution in [3.8, 4) is 0 Å². The van der Waals surface area contributed by atoms with Crippen LogP contribution in [0.5, 0.6) is 0 Å². The first-order valence-electron chi connectivity index (χ1n) is 8.23. The monoisotopic (exact) mass is 443 g/mol. The predicted molar refractivity (Wildman–Crippen MR) is 103 cm³/mol. The van der Waals surface area contributed by atoms with Gasteiger partial charge in [-0.2, -0.15) is 8.42 Å². The number of halogens is 1. The molecule has 0 aliphatic rings. The standard InChI is InChI=1S/C17H22BrN3O4S/c1-5-12(4)21-9-15(19-10-21)26(23,24)20-16-13(17(22)25-6-2)7-11(3)8-14(16)18/h7-10,12,20H,5-6H2,1-4H3/t12-/m1/s1. The summed E-state index contributed by atoms with van der Waals surface area (Å²) < 4.78 is 35.2. The van der Waals surface area contributed by atoms with Crippen LogP contribution in [-0.2, 0) is 14.8 Å². The Morgan fingerprint density at radius 1 is 1.38 bits per heavy atom. The molecule has 0 spiro atoms. The first kappa shape index (κ1) is 20.4. The van der Waals surface area contributed by atoms with Crippen molar-refractivity contribution in [2.24, 2.45) is 0 Å². The summed E-state index contributed by atoms with van der Waals surface area (Å²) in [6, 6.07) is 3.43. The van der Waals surface area contributed by atoms with Gasteiger partial charge in [0.15, 0.2) is 5.03 Å². The molecule has 0 bridgehead atoms. The van der Waals surface area contributed by atoms with Crippen LogP contribution in [-0.4, -0.2) is 30.5 Å². The zero-order valence-corrected chi connectivity index (χ0v) is 17.5. The molecule has 1 heterocycles. The summed E-state index contributed by atoms with van der Waals surface area (Å²) >= 11 is 3.32. The average Bonchev–Trinajstić information content (AvgIpc) is 3.07. The predicted octanol–water partition coefficient (Wildman–Crippen LogP) is 3.90. The lowest BCUT2D eigenvalue weighted by Gasteiger charge is -2.14. The molecule has 0 radical (unpaired) electrons. The number of anilines is 1. The fourth-order valence-corrected chi connectivity index (χ4v) is 4.16. The minimum absolute atomic E-state index is 0.111. The van der Waals surface area contributed by atoms with Crippen LogP contribution in [0.2, 0.25) is 0 Å². The van der Waals surface area contributed by atoms with Gasteiger partial charge in [0.25, 0.3) is 10.0 Å². The maximum atomic E-state index is 12.7. The van der Waals surface area contributed by atoms with Crippen LogP contribution in [0.15, 0.2) is 34.2 Å². The molecule has 1 aromatic carbocycles. The highest BCUT2D eigenvalue weighted by Gasteiger charge is 2.24. The second-order valence-electron chi connectivity index (χ2n) is 5.91. The van der Waals surface area contributed by atoms with Gasteiger partial charge in [-0.1, -0.05) is 6.92 Å². The van der Waals surface area contributed by atoms with Crippen molar-refractivity contribution in [3.63, 3.8) is 0 Å². The van der Waals surface area contributed by atoms with Crippen LogP contribution < -0.4 is 4.72 Å². The quantitative estimate of drug-likeness (QED) is 0.655. The van der Waals surface area contributed by atoms with Gasteiger partial charge in [-0.05, 0) is 60.8 Å². The van der Waals surface area contributed by atoms with Crippen molar-refractivity contribution >= 4 is 37.6 Å². The van der Waals surface area contributed by atoms with Crippen LogP contribution >= 0.6 is 15.9 Å². The van der Waals surface area contributed by atoms with Crippen molar-refractivity contribution in [3.05, 3.63) is 40.3 Å². The SMILES string of the molecule is CCOC(=O)c1cc(C)cc(Br)c1NS(=O)(=O)c1cn([C@H](C)CC)cn1. The Morgan fingerprint density at radius 2 is 2.08 bits per heavy atom. The van der Waals surface area contributed by atoms with E-state index in [1.165, 1.54) is 12.5 Å². The van der Waals surface area contributed by atoms with Crippen molar-refractivity contribution in [2.75, 3.05) is 11.3 Å². The lowest BCUT2D eigenvalue weighted by atomic mass is 10.1. The van der Waals surface area contributed by atoms with Crippen molar-refractivity contribution in [2.45, 2.75) is 45.2 Å². The third-order valence-electron chi connectivity index (χ3n) is 3.92. The summed E-state index contributed by atoms with van der Waals surface area (Å²) in [4.78, 5) is 16.2. The number of sulfonamides is 1. The van der Waals surface area contributed by atoms with E-state index in [2.05, 4.69) is 25.6 Å². The third-order valence-corrected chi connectivity index (χ3v) is 5.78. The number of nitrogens with one attached hydrogen (secondary N) is 1. The number of esters is 1. The average molecular weight is 444 g/mol. The van der Waals surface area contributed by atoms with E-state index >= 15 is 0 Å². The minimum atomic E-state index is -3.96. The number of aromatic nitrogens is 2. The highest BCUT2D eigenvalue weighted by atomic mass is 79.9. The molecule has 26 heavy (non-hydrogen) atoms. The number of carbonyl (C=O) groups excluding carboxylic acids is 1. The number of carbonyl (C=O) groups is 1. The highest BCUT2D eigenvalue weighted by Crippen LogP contribution is 2.31. The molecule has 0 amide bonds. The lowest BCUT2D eigenvalue weighted by molar-refractivity contribution is 0.0527. The first-order chi connectivity index (χ1) is 12.2. The maximum absolute atomic E-state index is 12.7. The normalized spacial score (nSPS) is 12.7. The van der Waals surface area contributed by atoms with E-state index in [9.17, 15) is 13.2 Å². The number of imidazole rings is 1. The summed E-state index contributed by atoms with van der Waals surface area (Å²) in [5.74, 6) is -0.597. The molecule has 9 heteroatoms. The van der Waals surface area contributed by atoms with Gasteiger partial charge in [0.1, 0.15) is 0 Å². The Bertz CT molecular complexity index is 909. The van der Waals surface area contributed by atoms with Gasteiger partial charge in [0, 0.05) is 16.7 Å². The van der Waals surface area contributed by atoms with E-state index in [1.54, 1.807) is 30.5 Å². The van der Waals surface area contributed by atoms with E-state index in [4.69, 9.17) is 4.74 Å². The van der Waals surface area contributed by atoms with Gasteiger partial charge in [-0.25, -0.2) is 9.78 Å². The van der Waals surface area contributed by atoms with Crippen LogP contribution in [0.4, 0.5) is 5.69 Å². The van der Waals surface area contributed by atoms with Crippen molar-refractivity contribution in [1.82, 2.24) is 9.55 Å². The number of nitrogens with zero attached hydrogens (tertiary/aromatic N) is 2. The van der Waals surface area contributed by atoms with Crippen LogP contribution in [0.3, 0.4) is 0 Å². The molecule has 2 rings (SSSR count). The molecule has 1 N–H and O–H groups in total. The van der Waals surface area contributed by atoms with E-state index in [0.29, 0.717) is 4.47 Å². The number of ether oxygens (including phenoxy) is 1.